The first kappa shape index (κ1) is 37.6. The highest BCUT2D eigenvalue weighted by atomic mass is 16.6. The van der Waals surface area contributed by atoms with Gasteiger partial charge < -0.3 is 25.8 Å². The van der Waals surface area contributed by atoms with E-state index in [-0.39, 0.29) is 11.5 Å². The molecule has 0 bridgehead atoms. The van der Waals surface area contributed by atoms with Crippen molar-refractivity contribution in [2.45, 2.75) is 98.3 Å². The molecule has 0 spiro atoms. The fourth-order valence-electron chi connectivity index (χ4n) is 5.44. The number of ether oxygens (including phenoxy) is 2. The van der Waals surface area contributed by atoms with Gasteiger partial charge >= 0.3 is 12.1 Å². The van der Waals surface area contributed by atoms with Crippen LogP contribution >= 0.6 is 0 Å². The number of aryl methyl sites for hydroxylation is 1. The maximum Gasteiger partial charge on any atom is 0.408 e. The third kappa shape index (κ3) is 10.4. The van der Waals surface area contributed by atoms with E-state index in [1.807, 2.05) is 121 Å². The number of nitrogens with zero attached hydrogens (tertiary/aromatic N) is 2. The number of nitrogens with one attached hydrogen (secondary N) is 3. The van der Waals surface area contributed by atoms with Gasteiger partial charge in [-0.2, -0.15) is 5.10 Å². The van der Waals surface area contributed by atoms with E-state index in [4.69, 9.17) is 20.3 Å². The molecule has 0 fully saturated rings. The van der Waals surface area contributed by atoms with E-state index >= 15 is 0 Å². The van der Waals surface area contributed by atoms with Crippen LogP contribution in [0.4, 0.5) is 21.1 Å². The van der Waals surface area contributed by atoms with Crippen LogP contribution < -0.4 is 26.4 Å². The number of alkyl carbamates (subject to hydrolysis) is 1. The Morgan fingerprint density at radius 1 is 0.920 bits per heavy atom. The van der Waals surface area contributed by atoms with Gasteiger partial charge in [-0.1, -0.05) is 68.8 Å². The van der Waals surface area contributed by atoms with E-state index in [0.717, 1.165) is 33.3 Å². The van der Waals surface area contributed by atoms with Crippen molar-refractivity contribution in [3.05, 3.63) is 102 Å². The summed E-state index contributed by atoms with van der Waals surface area (Å²) in [4.78, 5) is 25.8. The molecule has 0 aliphatic rings. The number of carbonyl (C=O) groups excluding carboxylic acids is 2. The summed E-state index contributed by atoms with van der Waals surface area (Å²) in [5.41, 5.74) is 8.68. The molecule has 5 N–H and O–H groups in total. The van der Waals surface area contributed by atoms with Crippen LogP contribution in [0.25, 0.3) is 16.5 Å². The lowest BCUT2D eigenvalue weighted by Crippen LogP contribution is -2.37. The highest BCUT2D eigenvalue weighted by Gasteiger charge is 2.25. The van der Waals surface area contributed by atoms with Crippen molar-refractivity contribution in [2.24, 2.45) is 5.73 Å². The van der Waals surface area contributed by atoms with Gasteiger partial charge in [0.25, 0.3) is 0 Å². The quantitative estimate of drug-likeness (QED) is 0.124. The molecule has 3 aromatic carbocycles. The first-order valence-corrected chi connectivity index (χ1v) is 16.9. The number of amides is 3. The van der Waals surface area contributed by atoms with Crippen LogP contribution in [0.15, 0.2) is 90.7 Å². The molecule has 1 aromatic heterocycles. The van der Waals surface area contributed by atoms with Crippen LogP contribution in [-0.4, -0.2) is 39.1 Å². The molecule has 0 radical (unpaired) electrons. The third-order valence-corrected chi connectivity index (χ3v) is 7.67. The van der Waals surface area contributed by atoms with Gasteiger partial charge in [0.15, 0.2) is 0 Å². The maximum atomic E-state index is 13.5. The molecule has 3 amide bonds. The van der Waals surface area contributed by atoms with Gasteiger partial charge in [0, 0.05) is 34.7 Å². The molecular weight excluding hydrogens is 628 g/mol. The zero-order valence-corrected chi connectivity index (χ0v) is 31.0. The van der Waals surface area contributed by atoms with Gasteiger partial charge in [-0.15, -0.1) is 0 Å². The standard InChI is InChI=1S/C40H52N6O4/c1-26-15-17-29(18-16-26)46-35(24-34(45-46)38(3,4)5)44-36(47)43-32-19-20-33(31-14-12-11-13-30(31)32)49-40(9,10)25-28(21-22-41)23-27(2)42-37(48)50-39(6,7)8/h11-24,27H,25,41H2,1-10H3,(H,42,48)(H2,43,44,47)/b22-21-,28-23+. The number of benzene rings is 3. The second-order valence-corrected chi connectivity index (χ2v) is 15.2. The number of allylic oxidation sites excluding steroid dienone is 1. The molecule has 0 saturated carbocycles. The monoisotopic (exact) mass is 680 g/mol. The Morgan fingerprint density at radius 2 is 1.58 bits per heavy atom. The summed E-state index contributed by atoms with van der Waals surface area (Å²) in [6.07, 6.45) is 5.21. The van der Waals surface area contributed by atoms with E-state index in [1.54, 1.807) is 10.8 Å². The van der Waals surface area contributed by atoms with Crippen molar-refractivity contribution in [3.63, 3.8) is 0 Å². The van der Waals surface area contributed by atoms with Crippen molar-refractivity contribution in [1.82, 2.24) is 15.1 Å². The fraction of sp³-hybridized carbons (Fsp3) is 0.375. The number of hydrogen-bond donors (Lipinski definition) is 4. The zero-order valence-electron chi connectivity index (χ0n) is 31.0. The number of hydrogen-bond acceptors (Lipinski definition) is 6. The highest BCUT2D eigenvalue weighted by molar-refractivity contribution is 6.07. The molecule has 4 rings (SSSR count). The topological polar surface area (TPSA) is 133 Å². The van der Waals surface area contributed by atoms with E-state index < -0.39 is 23.3 Å². The number of rotatable bonds is 10. The second kappa shape index (κ2) is 15.1. The van der Waals surface area contributed by atoms with Crippen molar-refractivity contribution in [1.29, 1.82) is 0 Å². The molecule has 10 heteroatoms. The third-order valence-electron chi connectivity index (χ3n) is 7.67. The maximum absolute atomic E-state index is 13.5. The molecule has 0 aliphatic heterocycles. The Bertz CT molecular complexity index is 1870. The minimum Gasteiger partial charge on any atom is -0.487 e. The van der Waals surface area contributed by atoms with Crippen molar-refractivity contribution in [3.8, 4) is 11.4 Å². The minimum absolute atomic E-state index is 0.213. The summed E-state index contributed by atoms with van der Waals surface area (Å²) in [7, 11) is 0. The molecule has 4 aromatic rings. The molecule has 1 atom stereocenters. The zero-order chi connectivity index (χ0) is 36.9. The molecule has 1 heterocycles. The van der Waals surface area contributed by atoms with Crippen molar-refractivity contribution in [2.75, 3.05) is 10.6 Å². The van der Waals surface area contributed by atoms with Crippen molar-refractivity contribution < 1.29 is 19.1 Å². The van der Waals surface area contributed by atoms with Gasteiger partial charge in [0.1, 0.15) is 22.8 Å². The molecule has 1 unspecified atom stereocenters. The van der Waals surface area contributed by atoms with Gasteiger partial charge in [-0.05, 0) is 90.6 Å². The molecule has 0 saturated heterocycles. The lowest BCUT2D eigenvalue weighted by Gasteiger charge is -2.28. The van der Waals surface area contributed by atoms with Crippen LogP contribution in [0.2, 0.25) is 0 Å². The SMILES string of the molecule is Cc1ccc(-n2nc(C(C)(C)C)cc2NC(=O)Nc2ccc(OC(C)(C)CC(/C=C\N)=C/C(C)NC(=O)OC(C)(C)C)c3ccccc23)cc1. The molecule has 10 nitrogen and oxygen atoms in total. The smallest absolute Gasteiger partial charge is 0.408 e. The predicted octanol–water partition coefficient (Wildman–Crippen LogP) is 9.13. The summed E-state index contributed by atoms with van der Waals surface area (Å²) in [6.45, 7) is 19.6. The molecule has 266 valence electrons. The van der Waals surface area contributed by atoms with Gasteiger partial charge in [-0.3, -0.25) is 5.32 Å². The van der Waals surface area contributed by atoms with Crippen LogP contribution in [-0.2, 0) is 10.2 Å². The summed E-state index contributed by atoms with van der Waals surface area (Å²) in [5, 5.41) is 15.4. The summed E-state index contributed by atoms with van der Waals surface area (Å²) >= 11 is 0. The first-order chi connectivity index (χ1) is 23.3. The summed E-state index contributed by atoms with van der Waals surface area (Å²) < 4.78 is 13.8. The average molecular weight is 681 g/mol. The Kier molecular flexibility index (Phi) is 11.4. The number of anilines is 2. The van der Waals surface area contributed by atoms with E-state index in [0.29, 0.717) is 23.7 Å². The van der Waals surface area contributed by atoms with Crippen LogP contribution in [0.3, 0.4) is 0 Å². The lowest BCUT2D eigenvalue weighted by atomic mass is 9.92. The normalized spacial score (nSPS) is 13.3. The average Bonchev–Trinajstić information content (AvgIpc) is 3.41. The highest BCUT2D eigenvalue weighted by Crippen LogP contribution is 2.35. The Hall–Kier alpha value is -5.25. The Morgan fingerprint density at radius 3 is 2.20 bits per heavy atom. The van der Waals surface area contributed by atoms with Gasteiger partial charge in [0.05, 0.1) is 17.1 Å². The fourth-order valence-corrected chi connectivity index (χ4v) is 5.44. The number of carbonyl (C=O) groups is 2. The lowest BCUT2D eigenvalue weighted by molar-refractivity contribution is 0.0518. The second-order valence-electron chi connectivity index (χ2n) is 15.2. The molecular formula is C40H52N6O4. The predicted molar refractivity (Wildman–Crippen MR) is 203 cm³/mol. The molecule has 0 aliphatic carbocycles. The number of fused-ring (bicyclic) bond motifs is 1. The van der Waals surface area contributed by atoms with Crippen LogP contribution in [0.1, 0.15) is 80.0 Å². The largest absolute Gasteiger partial charge is 0.487 e. The number of aromatic nitrogens is 2. The minimum atomic E-state index is -0.661. The van der Waals surface area contributed by atoms with Gasteiger partial charge in [-0.25, -0.2) is 14.3 Å². The first-order valence-electron chi connectivity index (χ1n) is 16.9. The summed E-state index contributed by atoms with van der Waals surface area (Å²) in [5.74, 6) is 1.23. The van der Waals surface area contributed by atoms with Gasteiger partial charge in [0.2, 0.25) is 0 Å². The van der Waals surface area contributed by atoms with Crippen molar-refractivity contribution >= 4 is 34.4 Å². The van der Waals surface area contributed by atoms with E-state index in [1.165, 1.54) is 6.20 Å². The Balaban J connectivity index is 1.54. The van der Waals surface area contributed by atoms with E-state index in [9.17, 15) is 9.59 Å². The van der Waals surface area contributed by atoms with E-state index in [2.05, 4.69) is 36.7 Å². The molecule has 50 heavy (non-hydrogen) atoms. The Labute approximate surface area is 296 Å². The number of nitrogens with two attached hydrogens (primary N) is 1. The van der Waals surface area contributed by atoms with Crippen LogP contribution in [0, 0.1) is 6.92 Å². The summed E-state index contributed by atoms with van der Waals surface area (Å²) in [6, 6.07) is 20.7. The van der Waals surface area contributed by atoms with Crippen LogP contribution in [0.5, 0.6) is 5.75 Å². The number of urea groups is 1.